The van der Waals surface area contributed by atoms with Crippen LogP contribution in [0.25, 0.3) is 0 Å². The van der Waals surface area contributed by atoms with Gasteiger partial charge in [-0.3, -0.25) is 0 Å². The van der Waals surface area contributed by atoms with Crippen molar-refractivity contribution < 1.29 is 9.64 Å². The van der Waals surface area contributed by atoms with Crippen molar-refractivity contribution in [3.05, 3.63) is 29.8 Å². The summed E-state index contributed by atoms with van der Waals surface area (Å²) in [6.07, 6.45) is 11.1. The Bertz CT molecular complexity index is 440. The Kier molecular flexibility index (Phi) is 5.77. The van der Waals surface area contributed by atoms with Crippen LogP contribution in [-0.2, 0) is 6.54 Å². The summed E-state index contributed by atoms with van der Waals surface area (Å²) in [5.41, 5.74) is 1.48. The molecular weight excluding hydrogens is 270 g/mol. The number of rotatable bonds is 6. The largest absolute Gasteiger partial charge is 0.494 e. The highest BCUT2D eigenvalue weighted by Gasteiger charge is 2.36. The van der Waals surface area contributed by atoms with E-state index in [-0.39, 0.29) is 0 Å². The summed E-state index contributed by atoms with van der Waals surface area (Å²) in [7, 11) is 0. The van der Waals surface area contributed by atoms with Crippen LogP contribution < -0.4 is 9.64 Å². The van der Waals surface area contributed by atoms with Crippen LogP contribution >= 0.6 is 0 Å². The van der Waals surface area contributed by atoms with Gasteiger partial charge in [0.25, 0.3) is 0 Å². The normalized spacial score (nSPS) is 28.1. The van der Waals surface area contributed by atoms with Gasteiger partial charge < -0.3 is 9.64 Å². The zero-order chi connectivity index (χ0) is 15.2. The molecule has 1 aliphatic heterocycles. The lowest BCUT2D eigenvalue weighted by Crippen LogP contribution is -3.16. The minimum absolute atomic E-state index is 0.844. The Hall–Kier alpha value is -1.02. The van der Waals surface area contributed by atoms with E-state index in [9.17, 15) is 0 Å². The fourth-order valence-electron chi connectivity index (χ4n) is 4.39. The molecule has 1 aliphatic carbocycles. The molecule has 0 amide bonds. The second kappa shape index (κ2) is 8.01. The topological polar surface area (TPSA) is 13.7 Å². The summed E-state index contributed by atoms with van der Waals surface area (Å²) < 4.78 is 5.77. The van der Waals surface area contributed by atoms with Crippen molar-refractivity contribution in [1.82, 2.24) is 0 Å². The highest BCUT2D eigenvalue weighted by atomic mass is 16.5. The molecule has 2 nitrogen and oxygen atoms in total. The van der Waals surface area contributed by atoms with E-state index in [0.29, 0.717) is 0 Å². The van der Waals surface area contributed by atoms with Crippen LogP contribution in [0.15, 0.2) is 24.3 Å². The molecule has 1 unspecified atom stereocenters. The first-order valence-electron chi connectivity index (χ1n) is 9.43. The first-order chi connectivity index (χ1) is 10.9. The molecule has 1 aromatic carbocycles. The maximum atomic E-state index is 5.77. The summed E-state index contributed by atoms with van der Waals surface area (Å²) in [4.78, 5) is 1.84. The highest BCUT2D eigenvalue weighted by molar-refractivity contribution is 5.26. The van der Waals surface area contributed by atoms with E-state index < -0.39 is 0 Å². The number of quaternary nitrogens is 1. The zero-order valence-electron chi connectivity index (χ0n) is 14.2. The van der Waals surface area contributed by atoms with Gasteiger partial charge in [-0.1, -0.05) is 19.8 Å². The van der Waals surface area contributed by atoms with Crippen molar-refractivity contribution in [1.29, 1.82) is 0 Å². The molecule has 0 aromatic heterocycles. The highest BCUT2D eigenvalue weighted by Crippen LogP contribution is 2.28. The molecule has 1 N–H and O–H groups in total. The third-order valence-corrected chi connectivity index (χ3v) is 5.63. The van der Waals surface area contributed by atoms with Gasteiger partial charge >= 0.3 is 0 Å². The predicted octanol–water partition coefficient (Wildman–Crippen LogP) is 3.60. The summed E-state index contributed by atoms with van der Waals surface area (Å²) in [6, 6.07) is 9.81. The number of piperidine rings is 1. The molecule has 3 atom stereocenters. The van der Waals surface area contributed by atoms with Gasteiger partial charge in [-0.05, 0) is 62.8 Å². The number of fused-ring (bicyclic) bond motifs is 1. The Labute approximate surface area is 135 Å². The van der Waals surface area contributed by atoms with Crippen LogP contribution in [0.4, 0.5) is 0 Å². The minimum Gasteiger partial charge on any atom is -0.494 e. The van der Waals surface area contributed by atoms with Crippen LogP contribution in [0.1, 0.15) is 63.9 Å². The van der Waals surface area contributed by atoms with Gasteiger partial charge in [0.1, 0.15) is 12.3 Å². The zero-order valence-corrected chi connectivity index (χ0v) is 14.2. The van der Waals surface area contributed by atoms with Crippen molar-refractivity contribution in [3.63, 3.8) is 0 Å². The van der Waals surface area contributed by atoms with Gasteiger partial charge in [0, 0.05) is 11.5 Å². The van der Waals surface area contributed by atoms with Crippen molar-refractivity contribution >= 4 is 0 Å². The molecule has 2 aliphatic rings. The van der Waals surface area contributed by atoms with Crippen molar-refractivity contribution in [3.8, 4) is 5.75 Å². The lowest BCUT2D eigenvalue weighted by molar-refractivity contribution is -0.949. The molecule has 1 saturated heterocycles. The quantitative estimate of drug-likeness (QED) is 0.793. The lowest BCUT2D eigenvalue weighted by Gasteiger charge is -2.41. The number of likely N-dealkylation sites (tertiary alicyclic amines) is 1. The van der Waals surface area contributed by atoms with Gasteiger partial charge in [-0.2, -0.15) is 0 Å². The lowest BCUT2D eigenvalue weighted by atomic mass is 9.78. The molecule has 3 rings (SSSR count). The average Bonchev–Trinajstić information content (AvgIpc) is 2.57. The minimum atomic E-state index is 0.844. The summed E-state index contributed by atoms with van der Waals surface area (Å²) >= 11 is 0. The van der Waals surface area contributed by atoms with Gasteiger partial charge in [-0.15, -0.1) is 0 Å². The fraction of sp³-hybridized carbons (Fsp3) is 0.700. The van der Waals surface area contributed by atoms with E-state index in [1.54, 1.807) is 0 Å². The summed E-state index contributed by atoms with van der Waals surface area (Å²) in [5.74, 6) is 2.04. The van der Waals surface area contributed by atoms with E-state index in [1.807, 2.05) is 4.90 Å². The van der Waals surface area contributed by atoms with Crippen LogP contribution in [0.2, 0.25) is 0 Å². The smallest absolute Gasteiger partial charge is 0.119 e. The molecule has 22 heavy (non-hydrogen) atoms. The van der Waals surface area contributed by atoms with E-state index in [2.05, 4.69) is 31.2 Å². The number of benzene rings is 1. The molecule has 2 heteroatoms. The second-order valence-corrected chi connectivity index (χ2v) is 7.22. The van der Waals surface area contributed by atoms with Crippen molar-refractivity contribution in [2.75, 3.05) is 13.2 Å². The molecule has 1 aromatic rings. The molecule has 1 saturated carbocycles. The SMILES string of the molecule is CCCCOc1ccc(C[NH+]2CCC[C@H]3CCCC[C@H]32)cc1. The van der Waals surface area contributed by atoms with Crippen LogP contribution in [0.5, 0.6) is 5.75 Å². The number of ether oxygens (including phenoxy) is 1. The standard InChI is InChI=1S/C20H31NO/c1-2-3-15-22-19-12-10-17(11-13-19)16-21-14-6-8-18-7-4-5-9-20(18)21/h10-13,18,20H,2-9,14-16H2,1H3/p+1/t18-,20-/m1/s1. The predicted molar refractivity (Wildman–Crippen MR) is 91.4 cm³/mol. The molecule has 1 heterocycles. The van der Waals surface area contributed by atoms with Gasteiger partial charge in [0.2, 0.25) is 0 Å². The molecule has 0 radical (unpaired) electrons. The van der Waals surface area contributed by atoms with Gasteiger partial charge in [-0.25, -0.2) is 0 Å². The third-order valence-electron chi connectivity index (χ3n) is 5.63. The van der Waals surface area contributed by atoms with Crippen molar-refractivity contribution in [2.24, 2.45) is 5.92 Å². The number of hydrogen-bond donors (Lipinski definition) is 1. The molecule has 0 spiro atoms. The summed E-state index contributed by atoms with van der Waals surface area (Å²) in [5, 5.41) is 0. The van der Waals surface area contributed by atoms with Crippen LogP contribution in [0.3, 0.4) is 0 Å². The average molecular weight is 302 g/mol. The number of hydrogen-bond acceptors (Lipinski definition) is 1. The van der Waals surface area contributed by atoms with E-state index >= 15 is 0 Å². The van der Waals surface area contributed by atoms with E-state index in [4.69, 9.17) is 4.74 Å². The maximum absolute atomic E-state index is 5.77. The molecule has 2 fully saturated rings. The van der Waals surface area contributed by atoms with E-state index in [0.717, 1.165) is 30.7 Å². The molecule has 122 valence electrons. The Morgan fingerprint density at radius 2 is 1.82 bits per heavy atom. The molecule has 0 bridgehead atoms. The van der Waals surface area contributed by atoms with Gasteiger partial charge in [0.05, 0.1) is 19.2 Å². The first-order valence-corrected chi connectivity index (χ1v) is 9.43. The van der Waals surface area contributed by atoms with Crippen LogP contribution in [-0.4, -0.2) is 19.2 Å². The monoisotopic (exact) mass is 302 g/mol. The second-order valence-electron chi connectivity index (χ2n) is 7.22. The molecular formula is C20H32NO+. The Morgan fingerprint density at radius 1 is 1.05 bits per heavy atom. The number of unbranched alkanes of at least 4 members (excludes halogenated alkanes) is 1. The maximum Gasteiger partial charge on any atom is 0.119 e. The fourth-order valence-corrected chi connectivity index (χ4v) is 4.39. The van der Waals surface area contributed by atoms with Crippen LogP contribution in [0, 0.1) is 5.92 Å². The summed E-state index contributed by atoms with van der Waals surface area (Å²) in [6.45, 7) is 5.62. The number of nitrogens with one attached hydrogen (secondary N) is 1. The Morgan fingerprint density at radius 3 is 2.64 bits per heavy atom. The first kappa shape index (κ1) is 15.9. The third kappa shape index (κ3) is 4.04. The van der Waals surface area contributed by atoms with Gasteiger partial charge in [0.15, 0.2) is 0 Å². The Balaban J connectivity index is 1.55. The van der Waals surface area contributed by atoms with Crippen molar-refractivity contribution in [2.45, 2.75) is 70.9 Å². The van der Waals surface area contributed by atoms with E-state index in [1.165, 1.54) is 63.6 Å².